The van der Waals surface area contributed by atoms with Gasteiger partial charge in [0.25, 0.3) is 5.56 Å². The summed E-state index contributed by atoms with van der Waals surface area (Å²) in [5.41, 5.74) is 1.46. The lowest BCUT2D eigenvalue weighted by Gasteiger charge is -2.02. The van der Waals surface area contributed by atoms with Gasteiger partial charge in [-0.3, -0.25) is 9.36 Å². The first-order valence-corrected chi connectivity index (χ1v) is 8.06. The van der Waals surface area contributed by atoms with Crippen LogP contribution in [0.4, 0.5) is 0 Å². The number of benzene rings is 1. The van der Waals surface area contributed by atoms with Crippen LogP contribution in [0.3, 0.4) is 0 Å². The lowest BCUT2D eigenvalue weighted by Crippen LogP contribution is -2.20. The Kier molecular flexibility index (Phi) is 3.44. The topological polar surface area (TPSA) is 65.6 Å². The molecule has 0 N–H and O–H groups in total. The van der Waals surface area contributed by atoms with Crippen LogP contribution >= 0.6 is 22.9 Å². The lowest BCUT2D eigenvalue weighted by atomic mass is 10.3. The molecule has 0 aliphatic heterocycles. The van der Waals surface area contributed by atoms with E-state index in [9.17, 15) is 4.79 Å². The van der Waals surface area contributed by atoms with E-state index in [-0.39, 0.29) is 5.56 Å². The molecule has 3 aromatic heterocycles. The molecule has 0 atom stereocenters. The number of halogens is 1. The molecule has 0 fully saturated rings. The molecule has 8 heteroatoms. The second-order valence-corrected chi connectivity index (χ2v) is 6.28. The predicted molar refractivity (Wildman–Crippen MR) is 89.4 cm³/mol. The van der Waals surface area contributed by atoms with E-state index >= 15 is 0 Å². The van der Waals surface area contributed by atoms with Crippen LogP contribution in [0.1, 0.15) is 5.69 Å². The molecular weight excluding hydrogens is 334 g/mol. The summed E-state index contributed by atoms with van der Waals surface area (Å²) in [5, 5.41) is 11.3. The first-order valence-electron chi connectivity index (χ1n) is 6.80. The van der Waals surface area contributed by atoms with Gasteiger partial charge in [-0.05, 0) is 35.7 Å². The molecule has 0 radical (unpaired) electrons. The molecule has 0 unspecified atom stereocenters. The van der Waals surface area contributed by atoms with E-state index in [2.05, 4.69) is 15.3 Å². The molecule has 0 aliphatic carbocycles. The molecule has 0 aliphatic rings. The Labute approximate surface area is 139 Å². The van der Waals surface area contributed by atoms with E-state index in [1.165, 1.54) is 15.9 Å². The fourth-order valence-corrected chi connectivity index (χ4v) is 3.12. The lowest BCUT2D eigenvalue weighted by molar-refractivity contribution is 0.723. The minimum atomic E-state index is -0.0720. The number of hydrogen-bond donors (Lipinski definition) is 0. The molecule has 4 rings (SSSR count). The van der Waals surface area contributed by atoms with Crippen molar-refractivity contribution in [2.24, 2.45) is 0 Å². The van der Waals surface area contributed by atoms with Gasteiger partial charge in [-0.1, -0.05) is 16.8 Å². The summed E-state index contributed by atoms with van der Waals surface area (Å²) in [6, 6.07) is 9.07. The molecule has 4 aromatic rings. The molecule has 0 saturated heterocycles. The average molecular weight is 344 g/mol. The van der Waals surface area contributed by atoms with Crippen LogP contribution in [0.5, 0.6) is 0 Å². The quantitative estimate of drug-likeness (QED) is 0.573. The van der Waals surface area contributed by atoms with Gasteiger partial charge in [-0.2, -0.15) is 0 Å². The van der Waals surface area contributed by atoms with Crippen LogP contribution in [0, 0.1) is 0 Å². The highest BCUT2D eigenvalue weighted by Crippen LogP contribution is 2.14. The van der Waals surface area contributed by atoms with Gasteiger partial charge < -0.3 is 0 Å². The van der Waals surface area contributed by atoms with Crippen LogP contribution in [-0.2, 0) is 6.54 Å². The fourth-order valence-electron chi connectivity index (χ4n) is 2.27. The van der Waals surface area contributed by atoms with Crippen molar-refractivity contribution in [3.8, 4) is 5.69 Å². The summed E-state index contributed by atoms with van der Waals surface area (Å²) >= 11 is 7.33. The van der Waals surface area contributed by atoms with Crippen molar-refractivity contribution in [1.82, 2.24) is 24.5 Å². The largest absolute Gasteiger partial charge is 0.292 e. The van der Waals surface area contributed by atoms with Gasteiger partial charge in [0, 0.05) is 5.02 Å². The Balaban J connectivity index is 1.65. The van der Waals surface area contributed by atoms with Crippen LogP contribution < -0.4 is 5.56 Å². The van der Waals surface area contributed by atoms with Gasteiger partial charge in [0.05, 0.1) is 30.1 Å². The Morgan fingerprint density at radius 3 is 2.83 bits per heavy atom. The van der Waals surface area contributed by atoms with E-state index in [0.29, 0.717) is 22.6 Å². The van der Waals surface area contributed by atoms with E-state index in [1.807, 2.05) is 17.5 Å². The Bertz CT molecular complexity index is 1030. The number of fused-ring (bicyclic) bond motifs is 1. The van der Waals surface area contributed by atoms with Gasteiger partial charge in [0.15, 0.2) is 0 Å². The number of nitrogens with zero attached hydrogens (tertiary/aromatic N) is 5. The zero-order valence-corrected chi connectivity index (χ0v) is 13.3. The minimum absolute atomic E-state index is 0.0720. The Morgan fingerprint density at radius 1 is 1.17 bits per heavy atom. The molecule has 0 amide bonds. The van der Waals surface area contributed by atoms with E-state index in [0.717, 1.165) is 10.5 Å². The van der Waals surface area contributed by atoms with Crippen molar-refractivity contribution in [1.29, 1.82) is 0 Å². The molecule has 6 nitrogen and oxygen atoms in total. The number of thiophene rings is 1. The molecule has 1 aromatic carbocycles. The van der Waals surface area contributed by atoms with Crippen molar-refractivity contribution in [2.45, 2.75) is 6.54 Å². The molecule has 0 bridgehead atoms. The average Bonchev–Trinajstić information content (AvgIpc) is 3.20. The van der Waals surface area contributed by atoms with Crippen molar-refractivity contribution in [3.05, 3.63) is 69.3 Å². The first-order chi connectivity index (χ1) is 11.2. The molecular formula is C15H10ClN5OS. The maximum absolute atomic E-state index is 12.4. The highest BCUT2D eigenvalue weighted by atomic mass is 35.5. The normalized spacial score (nSPS) is 11.2. The maximum atomic E-state index is 12.4. The van der Waals surface area contributed by atoms with E-state index in [4.69, 9.17) is 11.6 Å². The van der Waals surface area contributed by atoms with E-state index < -0.39 is 0 Å². The van der Waals surface area contributed by atoms with Crippen LogP contribution in [-0.4, -0.2) is 24.5 Å². The van der Waals surface area contributed by atoms with Crippen molar-refractivity contribution >= 4 is 33.2 Å². The summed E-state index contributed by atoms with van der Waals surface area (Å²) in [4.78, 5) is 17.4. The smallest absolute Gasteiger partial charge is 0.262 e. The molecule has 114 valence electrons. The summed E-state index contributed by atoms with van der Waals surface area (Å²) in [6.45, 7) is 0.325. The second kappa shape index (κ2) is 5.60. The molecule has 23 heavy (non-hydrogen) atoms. The third kappa shape index (κ3) is 2.64. The van der Waals surface area contributed by atoms with Gasteiger partial charge in [0.2, 0.25) is 0 Å². The van der Waals surface area contributed by atoms with Crippen molar-refractivity contribution in [3.63, 3.8) is 0 Å². The van der Waals surface area contributed by atoms with Gasteiger partial charge >= 0.3 is 0 Å². The van der Waals surface area contributed by atoms with Gasteiger partial charge in [-0.25, -0.2) is 9.67 Å². The predicted octanol–water partition coefficient (Wildman–Crippen LogP) is 2.74. The van der Waals surface area contributed by atoms with Crippen LogP contribution in [0.2, 0.25) is 5.02 Å². The third-order valence-electron chi connectivity index (χ3n) is 3.41. The second-order valence-electron chi connectivity index (χ2n) is 4.95. The van der Waals surface area contributed by atoms with E-state index in [1.54, 1.807) is 35.4 Å². The minimum Gasteiger partial charge on any atom is -0.292 e. The summed E-state index contributed by atoms with van der Waals surface area (Å²) in [6.07, 6.45) is 3.33. The van der Waals surface area contributed by atoms with Gasteiger partial charge in [-0.15, -0.1) is 16.4 Å². The third-order valence-corrected chi connectivity index (χ3v) is 4.49. The standard InChI is InChI=1S/C15H10ClN5OS/c16-10-1-3-12(4-2-10)21-8-11(18-19-21)7-20-9-17-14-13(15(20)22)5-6-23-14/h1-6,8-9H,7H2. The Morgan fingerprint density at radius 2 is 2.00 bits per heavy atom. The summed E-state index contributed by atoms with van der Waals surface area (Å²) in [5.74, 6) is 0. The highest BCUT2D eigenvalue weighted by Gasteiger charge is 2.08. The maximum Gasteiger partial charge on any atom is 0.262 e. The molecule has 0 spiro atoms. The van der Waals surface area contributed by atoms with Crippen LogP contribution in [0.15, 0.2) is 53.0 Å². The highest BCUT2D eigenvalue weighted by molar-refractivity contribution is 7.16. The fraction of sp³-hybridized carbons (Fsp3) is 0.0667. The zero-order valence-electron chi connectivity index (χ0n) is 11.8. The molecule has 0 saturated carbocycles. The number of aromatic nitrogens is 5. The zero-order chi connectivity index (χ0) is 15.8. The number of hydrogen-bond acceptors (Lipinski definition) is 5. The van der Waals surface area contributed by atoms with Gasteiger partial charge in [0.1, 0.15) is 10.5 Å². The monoisotopic (exact) mass is 343 g/mol. The van der Waals surface area contributed by atoms with Crippen LogP contribution in [0.25, 0.3) is 15.9 Å². The van der Waals surface area contributed by atoms with Crippen molar-refractivity contribution in [2.75, 3.05) is 0 Å². The first kappa shape index (κ1) is 14.1. The van der Waals surface area contributed by atoms with Crippen molar-refractivity contribution < 1.29 is 0 Å². The summed E-state index contributed by atoms with van der Waals surface area (Å²) in [7, 11) is 0. The number of rotatable bonds is 3. The SMILES string of the molecule is O=c1c2ccsc2ncn1Cc1cn(-c2ccc(Cl)cc2)nn1. The summed E-state index contributed by atoms with van der Waals surface area (Å²) < 4.78 is 3.18. The Hall–Kier alpha value is -2.51. The molecule has 3 heterocycles.